The van der Waals surface area contributed by atoms with Crippen molar-refractivity contribution in [2.75, 3.05) is 13.7 Å². The fourth-order valence-corrected chi connectivity index (χ4v) is 1.31. The second-order valence-electron chi connectivity index (χ2n) is 3.74. The van der Waals surface area contributed by atoms with Crippen molar-refractivity contribution < 1.29 is 23.4 Å². The van der Waals surface area contributed by atoms with Crippen molar-refractivity contribution in [2.24, 2.45) is 0 Å². The van der Waals surface area contributed by atoms with Gasteiger partial charge >= 0.3 is 0 Å². The summed E-state index contributed by atoms with van der Waals surface area (Å²) in [5.41, 5.74) is 1.25. The fraction of sp³-hybridized carbons (Fsp3) is 0.417. The van der Waals surface area contributed by atoms with Gasteiger partial charge in [-0.1, -0.05) is 12.1 Å². The highest BCUT2D eigenvalue weighted by atomic mass is 19.3. The Morgan fingerprint density at radius 2 is 2.00 bits per heavy atom. The molecule has 1 aromatic rings. The van der Waals surface area contributed by atoms with E-state index in [9.17, 15) is 13.6 Å². The van der Waals surface area contributed by atoms with Crippen LogP contribution in [0.2, 0.25) is 0 Å². The van der Waals surface area contributed by atoms with E-state index in [1.165, 1.54) is 0 Å². The number of halogens is 2. The molecule has 0 aromatic heterocycles. The molecular formula is C12H15F2NO3. The molecule has 0 radical (unpaired) electrons. The molecule has 6 heteroatoms. The van der Waals surface area contributed by atoms with E-state index in [0.29, 0.717) is 12.2 Å². The van der Waals surface area contributed by atoms with Crippen LogP contribution in [0, 0.1) is 0 Å². The summed E-state index contributed by atoms with van der Waals surface area (Å²) in [6.45, 7) is -0.0394. The molecule has 0 aliphatic heterocycles. The third-order valence-electron chi connectivity index (χ3n) is 2.29. The number of aliphatic hydroxyl groups excluding tert-OH is 1. The quantitative estimate of drug-likeness (QED) is 0.806. The Morgan fingerprint density at radius 1 is 1.39 bits per heavy atom. The van der Waals surface area contributed by atoms with Gasteiger partial charge in [-0.3, -0.25) is 4.79 Å². The van der Waals surface area contributed by atoms with Crippen LogP contribution in [0.25, 0.3) is 0 Å². The van der Waals surface area contributed by atoms with Crippen LogP contribution in [0.3, 0.4) is 0 Å². The number of amides is 1. The predicted octanol–water partition coefficient (Wildman–Crippen LogP) is 1.19. The lowest BCUT2D eigenvalue weighted by Crippen LogP contribution is -2.35. The van der Waals surface area contributed by atoms with Crippen LogP contribution in [-0.2, 0) is 11.3 Å². The van der Waals surface area contributed by atoms with Crippen LogP contribution in [0.5, 0.6) is 0 Å². The second-order valence-corrected chi connectivity index (χ2v) is 3.74. The molecule has 0 fully saturated rings. The van der Waals surface area contributed by atoms with Gasteiger partial charge in [-0.15, -0.1) is 0 Å². The van der Waals surface area contributed by atoms with Crippen molar-refractivity contribution in [3.63, 3.8) is 0 Å². The number of nitrogens with one attached hydrogen (secondary N) is 1. The maximum atomic E-state index is 12.0. The summed E-state index contributed by atoms with van der Waals surface area (Å²) >= 11 is 0. The van der Waals surface area contributed by atoms with Crippen LogP contribution in [0.1, 0.15) is 15.9 Å². The van der Waals surface area contributed by atoms with E-state index >= 15 is 0 Å². The molecule has 1 rings (SSSR count). The van der Waals surface area contributed by atoms with E-state index in [4.69, 9.17) is 9.84 Å². The van der Waals surface area contributed by atoms with Crippen molar-refractivity contribution in [2.45, 2.75) is 19.1 Å². The third-order valence-corrected chi connectivity index (χ3v) is 2.29. The van der Waals surface area contributed by atoms with Gasteiger partial charge in [-0.2, -0.15) is 0 Å². The van der Waals surface area contributed by atoms with E-state index in [2.05, 4.69) is 5.32 Å². The van der Waals surface area contributed by atoms with Crippen molar-refractivity contribution in [1.82, 2.24) is 5.32 Å². The first-order chi connectivity index (χ1) is 8.54. The molecule has 1 unspecified atom stereocenters. The lowest BCUT2D eigenvalue weighted by molar-refractivity contribution is -0.00270. The zero-order chi connectivity index (χ0) is 13.5. The summed E-state index contributed by atoms with van der Waals surface area (Å²) < 4.78 is 28.9. The van der Waals surface area contributed by atoms with E-state index in [-0.39, 0.29) is 0 Å². The number of ether oxygens (including phenoxy) is 1. The van der Waals surface area contributed by atoms with E-state index in [1.807, 2.05) is 0 Å². The van der Waals surface area contributed by atoms with Crippen LogP contribution in [-0.4, -0.2) is 37.2 Å². The number of carbonyl (C=O) groups is 1. The number of benzene rings is 1. The first-order valence-corrected chi connectivity index (χ1v) is 5.37. The summed E-state index contributed by atoms with van der Waals surface area (Å²) in [6.07, 6.45) is -4.71. The topological polar surface area (TPSA) is 58.6 Å². The minimum Gasteiger partial charge on any atom is -0.385 e. The Balaban J connectivity index is 2.51. The van der Waals surface area contributed by atoms with Crippen molar-refractivity contribution in [3.8, 4) is 0 Å². The van der Waals surface area contributed by atoms with Gasteiger partial charge in [0.15, 0.2) is 0 Å². The monoisotopic (exact) mass is 259 g/mol. The molecule has 2 N–H and O–H groups in total. The average Bonchev–Trinajstić information content (AvgIpc) is 2.36. The maximum absolute atomic E-state index is 12.0. The van der Waals surface area contributed by atoms with Gasteiger partial charge in [0.25, 0.3) is 12.3 Å². The maximum Gasteiger partial charge on any atom is 0.265 e. The minimum atomic E-state index is -2.87. The molecule has 1 atom stereocenters. The van der Waals surface area contributed by atoms with Crippen LogP contribution in [0.4, 0.5) is 8.78 Å². The lowest BCUT2D eigenvalue weighted by atomic mass is 10.1. The van der Waals surface area contributed by atoms with Crippen LogP contribution >= 0.6 is 0 Å². The first kappa shape index (κ1) is 14.5. The van der Waals surface area contributed by atoms with Crippen LogP contribution in [0.15, 0.2) is 24.3 Å². The Labute approximate surface area is 104 Å². The number of hydrogen-bond acceptors (Lipinski definition) is 3. The number of rotatable bonds is 6. The largest absolute Gasteiger partial charge is 0.385 e. The Hall–Kier alpha value is -1.53. The van der Waals surface area contributed by atoms with Crippen molar-refractivity contribution >= 4 is 5.91 Å². The van der Waals surface area contributed by atoms with Crippen LogP contribution < -0.4 is 5.32 Å². The van der Waals surface area contributed by atoms with Gasteiger partial charge in [0.05, 0.1) is 6.61 Å². The zero-order valence-corrected chi connectivity index (χ0v) is 9.90. The average molecular weight is 259 g/mol. The fourth-order valence-electron chi connectivity index (χ4n) is 1.31. The highest BCUT2D eigenvalue weighted by molar-refractivity contribution is 5.94. The SMILES string of the molecule is COCc1ccc(C(=O)NCC(O)C(F)F)cc1. The molecule has 1 amide bonds. The Kier molecular flexibility index (Phi) is 5.67. The number of carbonyl (C=O) groups excluding carboxylic acids is 1. The van der Waals surface area contributed by atoms with Gasteiger partial charge in [0.1, 0.15) is 6.10 Å². The Bertz CT molecular complexity index is 381. The molecule has 4 nitrogen and oxygen atoms in total. The van der Waals surface area contributed by atoms with Crippen molar-refractivity contribution in [3.05, 3.63) is 35.4 Å². The smallest absolute Gasteiger partial charge is 0.265 e. The van der Waals surface area contributed by atoms with E-state index < -0.39 is 25.0 Å². The first-order valence-electron chi connectivity index (χ1n) is 5.37. The summed E-state index contributed by atoms with van der Waals surface area (Å²) in [5, 5.41) is 11.1. The molecule has 1 aromatic carbocycles. The highest BCUT2D eigenvalue weighted by Gasteiger charge is 2.17. The number of aliphatic hydroxyl groups is 1. The summed E-state index contributed by atoms with van der Waals surface area (Å²) in [4.78, 5) is 11.5. The molecule has 0 heterocycles. The van der Waals surface area contributed by atoms with Gasteiger partial charge in [0, 0.05) is 19.2 Å². The molecular weight excluding hydrogens is 244 g/mol. The molecule has 18 heavy (non-hydrogen) atoms. The number of hydrogen-bond donors (Lipinski definition) is 2. The predicted molar refractivity (Wildman–Crippen MR) is 61.5 cm³/mol. The summed E-state index contributed by atoms with van der Waals surface area (Å²) in [6, 6.07) is 6.56. The van der Waals surface area contributed by atoms with Gasteiger partial charge in [-0.25, -0.2) is 8.78 Å². The summed E-state index contributed by atoms with van der Waals surface area (Å²) in [5.74, 6) is -0.501. The third kappa shape index (κ3) is 4.38. The van der Waals surface area contributed by atoms with Gasteiger partial charge in [-0.05, 0) is 17.7 Å². The molecule has 0 bridgehead atoms. The second kappa shape index (κ2) is 7.03. The lowest BCUT2D eigenvalue weighted by Gasteiger charge is -2.10. The molecule has 0 aliphatic rings. The standard InChI is InChI=1S/C12H15F2NO3/c1-18-7-8-2-4-9(5-3-8)12(17)15-6-10(16)11(13)14/h2-5,10-11,16H,6-7H2,1H3,(H,15,17). The molecule has 0 saturated heterocycles. The molecule has 0 aliphatic carbocycles. The number of methoxy groups -OCH3 is 1. The number of alkyl halides is 2. The molecule has 100 valence electrons. The molecule has 0 saturated carbocycles. The van der Waals surface area contributed by atoms with Crippen molar-refractivity contribution in [1.29, 1.82) is 0 Å². The highest BCUT2D eigenvalue weighted by Crippen LogP contribution is 2.06. The van der Waals surface area contributed by atoms with Gasteiger partial charge in [0.2, 0.25) is 0 Å². The van der Waals surface area contributed by atoms with Gasteiger partial charge < -0.3 is 15.2 Å². The van der Waals surface area contributed by atoms with E-state index in [0.717, 1.165) is 5.56 Å². The minimum absolute atomic E-state index is 0.344. The summed E-state index contributed by atoms with van der Waals surface area (Å²) in [7, 11) is 1.56. The zero-order valence-electron chi connectivity index (χ0n) is 9.90. The Morgan fingerprint density at radius 3 is 2.50 bits per heavy atom. The molecule has 0 spiro atoms. The normalized spacial score (nSPS) is 12.5. The van der Waals surface area contributed by atoms with E-state index in [1.54, 1.807) is 31.4 Å².